The molecule has 0 aromatic rings. The van der Waals surface area contributed by atoms with Crippen molar-refractivity contribution in [2.24, 2.45) is 11.8 Å². The third kappa shape index (κ3) is 3.69. The highest BCUT2D eigenvalue weighted by molar-refractivity contribution is 4.94. The van der Waals surface area contributed by atoms with Gasteiger partial charge in [0.25, 0.3) is 0 Å². The Hall–Kier alpha value is -0.160. The first-order valence-electron chi connectivity index (χ1n) is 7.92. The van der Waals surface area contributed by atoms with E-state index in [1.165, 1.54) is 12.8 Å². The van der Waals surface area contributed by atoms with Crippen LogP contribution in [-0.2, 0) is 0 Å². The lowest BCUT2D eigenvalue weighted by molar-refractivity contribution is -0.0164. The van der Waals surface area contributed by atoms with Crippen molar-refractivity contribution in [1.29, 1.82) is 0 Å². The summed E-state index contributed by atoms with van der Waals surface area (Å²) in [6, 6.07) is 1.13. The standard InChI is InChI=1S/C15H30N2O2/c1-3-15(19)12-8-13(16-6-7-18)10-17(9-12)14-5-4-11(14)2/h11-16,18-19H,3-10H2,1-2H3. The molecule has 0 bridgehead atoms. The minimum absolute atomic E-state index is 0.184. The molecule has 0 radical (unpaired) electrons. The molecule has 112 valence electrons. The Balaban J connectivity index is 1.94. The van der Waals surface area contributed by atoms with E-state index < -0.39 is 0 Å². The molecule has 19 heavy (non-hydrogen) atoms. The van der Waals surface area contributed by atoms with Crippen LogP contribution in [0.4, 0.5) is 0 Å². The number of likely N-dealkylation sites (tertiary alicyclic amines) is 1. The lowest BCUT2D eigenvalue weighted by Gasteiger charge is -2.49. The first-order chi connectivity index (χ1) is 9.15. The SMILES string of the molecule is CCC(O)C1CC(NCCO)CN(C2CCC2C)C1. The molecule has 2 aliphatic rings. The fourth-order valence-electron chi connectivity index (χ4n) is 3.66. The minimum atomic E-state index is -0.184. The maximum absolute atomic E-state index is 10.2. The van der Waals surface area contributed by atoms with Gasteiger partial charge in [0.1, 0.15) is 0 Å². The molecule has 0 amide bonds. The number of rotatable bonds is 6. The van der Waals surface area contributed by atoms with Gasteiger partial charge in [-0.15, -0.1) is 0 Å². The fourth-order valence-corrected chi connectivity index (χ4v) is 3.66. The zero-order valence-corrected chi connectivity index (χ0v) is 12.4. The first kappa shape index (κ1) is 15.2. The van der Waals surface area contributed by atoms with Gasteiger partial charge >= 0.3 is 0 Å². The van der Waals surface area contributed by atoms with Gasteiger partial charge in [-0.1, -0.05) is 13.8 Å². The van der Waals surface area contributed by atoms with Crippen molar-refractivity contribution in [2.75, 3.05) is 26.2 Å². The van der Waals surface area contributed by atoms with Crippen LogP contribution in [0.15, 0.2) is 0 Å². The van der Waals surface area contributed by atoms with Crippen LogP contribution >= 0.6 is 0 Å². The summed E-state index contributed by atoms with van der Waals surface area (Å²) >= 11 is 0. The molecule has 5 atom stereocenters. The molecule has 1 saturated carbocycles. The average molecular weight is 270 g/mol. The highest BCUT2D eigenvalue weighted by atomic mass is 16.3. The molecule has 0 aromatic carbocycles. The van der Waals surface area contributed by atoms with E-state index in [2.05, 4.69) is 24.1 Å². The maximum Gasteiger partial charge on any atom is 0.0578 e. The van der Waals surface area contributed by atoms with Crippen LogP contribution in [0.5, 0.6) is 0 Å². The van der Waals surface area contributed by atoms with Gasteiger partial charge in [-0.2, -0.15) is 0 Å². The number of aliphatic hydroxyl groups excluding tert-OH is 2. The van der Waals surface area contributed by atoms with E-state index in [0.29, 0.717) is 24.5 Å². The Bertz CT molecular complexity index is 275. The van der Waals surface area contributed by atoms with Crippen LogP contribution < -0.4 is 5.32 Å². The summed E-state index contributed by atoms with van der Waals surface area (Å²) < 4.78 is 0. The smallest absolute Gasteiger partial charge is 0.0578 e. The Morgan fingerprint density at radius 1 is 1.32 bits per heavy atom. The lowest BCUT2D eigenvalue weighted by Crippen LogP contribution is -2.58. The topological polar surface area (TPSA) is 55.7 Å². The summed E-state index contributed by atoms with van der Waals surface area (Å²) in [6.45, 7) is 7.37. The van der Waals surface area contributed by atoms with E-state index in [1.807, 2.05) is 0 Å². The van der Waals surface area contributed by atoms with Crippen LogP contribution in [0, 0.1) is 11.8 Å². The quantitative estimate of drug-likeness (QED) is 0.669. The highest BCUT2D eigenvalue weighted by Crippen LogP contribution is 2.35. The molecule has 1 saturated heterocycles. The number of nitrogens with zero attached hydrogens (tertiary/aromatic N) is 1. The van der Waals surface area contributed by atoms with Crippen LogP contribution in [0.3, 0.4) is 0 Å². The summed E-state index contributed by atoms with van der Waals surface area (Å²) in [5, 5.41) is 22.6. The molecular weight excluding hydrogens is 240 g/mol. The maximum atomic E-state index is 10.2. The molecule has 4 heteroatoms. The summed E-state index contributed by atoms with van der Waals surface area (Å²) in [5.74, 6) is 1.18. The second-order valence-corrected chi connectivity index (χ2v) is 6.42. The molecule has 2 fully saturated rings. The second kappa shape index (κ2) is 7.02. The molecule has 4 nitrogen and oxygen atoms in total. The molecule has 1 aliphatic carbocycles. The van der Waals surface area contributed by atoms with Gasteiger partial charge in [0.15, 0.2) is 0 Å². The van der Waals surface area contributed by atoms with Crippen molar-refractivity contribution >= 4 is 0 Å². The van der Waals surface area contributed by atoms with E-state index in [1.54, 1.807) is 0 Å². The van der Waals surface area contributed by atoms with E-state index in [9.17, 15) is 5.11 Å². The van der Waals surface area contributed by atoms with Crippen molar-refractivity contribution in [2.45, 2.75) is 57.7 Å². The van der Waals surface area contributed by atoms with Gasteiger partial charge in [-0.25, -0.2) is 0 Å². The van der Waals surface area contributed by atoms with Crippen LogP contribution in [0.1, 0.15) is 39.5 Å². The largest absolute Gasteiger partial charge is 0.395 e. The molecule has 5 unspecified atom stereocenters. The number of aliphatic hydroxyl groups is 2. The number of piperidine rings is 1. The zero-order chi connectivity index (χ0) is 13.8. The summed E-state index contributed by atoms with van der Waals surface area (Å²) in [6.07, 6.45) is 4.34. The molecule has 1 aliphatic heterocycles. The highest BCUT2D eigenvalue weighted by Gasteiger charge is 2.38. The third-order valence-electron chi connectivity index (χ3n) is 5.06. The predicted octanol–water partition coefficient (Wildman–Crippen LogP) is 0.828. The second-order valence-electron chi connectivity index (χ2n) is 6.42. The van der Waals surface area contributed by atoms with E-state index in [-0.39, 0.29) is 12.7 Å². The van der Waals surface area contributed by atoms with E-state index in [0.717, 1.165) is 31.8 Å². The van der Waals surface area contributed by atoms with Gasteiger partial charge in [0, 0.05) is 31.7 Å². The number of hydrogen-bond donors (Lipinski definition) is 3. The molecule has 1 heterocycles. The number of hydrogen-bond acceptors (Lipinski definition) is 4. The monoisotopic (exact) mass is 270 g/mol. The molecule has 3 N–H and O–H groups in total. The summed E-state index contributed by atoms with van der Waals surface area (Å²) in [7, 11) is 0. The van der Waals surface area contributed by atoms with Crippen LogP contribution in [-0.4, -0.2) is 59.5 Å². The Kier molecular flexibility index (Phi) is 5.63. The van der Waals surface area contributed by atoms with Crippen LogP contribution in [0.2, 0.25) is 0 Å². The molecular formula is C15H30N2O2. The van der Waals surface area contributed by atoms with Gasteiger partial charge in [-0.05, 0) is 37.5 Å². The van der Waals surface area contributed by atoms with Gasteiger partial charge in [0.05, 0.1) is 12.7 Å². The number of nitrogens with one attached hydrogen (secondary N) is 1. The van der Waals surface area contributed by atoms with Crippen molar-refractivity contribution in [1.82, 2.24) is 10.2 Å². The minimum Gasteiger partial charge on any atom is -0.395 e. The lowest BCUT2D eigenvalue weighted by atomic mass is 9.77. The van der Waals surface area contributed by atoms with Crippen molar-refractivity contribution in [3.8, 4) is 0 Å². The Morgan fingerprint density at radius 3 is 2.63 bits per heavy atom. The first-order valence-corrected chi connectivity index (χ1v) is 7.92. The van der Waals surface area contributed by atoms with E-state index in [4.69, 9.17) is 5.11 Å². The predicted molar refractivity (Wildman–Crippen MR) is 77.0 cm³/mol. The molecule has 0 aromatic heterocycles. The van der Waals surface area contributed by atoms with E-state index >= 15 is 0 Å². The normalized spacial score (nSPS) is 37.9. The van der Waals surface area contributed by atoms with Gasteiger partial charge in [0.2, 0.25) is 0 Å². The van der Waals surface area contributed by atoms with Crippen molar-refractivity contribution in [3.05, 3.63) is 0 Å². The summed E-state index contributed by atoms with van der Waals surface area (Å²) in [5.41, 5.74) is 0. The zero-order valence-electron chi connectivity index (χ0n) is 12.4. The Morgan fingerprint density at radius 2 is 2.11 bits per heavy atom. The average Bonchev–Trinajstić information content (AvgIpc) is 2.42. The summed E-state index contributed by atoms with van der Waals surface area (Å²) in [4.78, 5) is 2.58. The molecule has 2 rings (SSSR count). The van der Waals surface area contributed by atoms with Crippen molar-refractivity contribution in [3.63, 3.8) is 0 Å². The van der Waals surface area contributed by atoms with Gasteiger partial charge in [-0.3, -0.25) is 4.90 Å². The Labute approximate surface area is 117 Å². The van der Waals surface area contributed by atoms with Crippen LogP contribution in [0.25, 0.3) is 0 Å². The van der Waals surface area contributed by atoms with Crippen molar-refractivity contribution < 1.29 is 10.2 Å². The fraction of sp³-hybridized carbons (Fsp3) is 1.00. The third-order valence-corrected chi connectivity index (χ3v) is 5.06. The van der Waals surface area contributed by atoms with Gasteiger partial charge < -0.3 is 15.5 Å². The molecule has 0 spiro atoms.